The Hall–Kier alpha value is -2.69. The van der Waals surface area contributed by atoms with Crippen LogP contribution in [0.25, 0.3) is 0 Å². The van der Waals surface area contributed by atoms with Gasteiger partial charge in [-0.25, -0.2) is 0 Å². The Morgan fingerprint density at radius 1 is 1.39 bits per heavy atom. The lowest BCUT2D eigenvalue weighted by Gasteiger charge is -2.64. The second kappa shape index (κ2) is 8.43. The van der Waals surface area contributed by atoms with Crippen LogP contribution in [0.1, 0.15) is 39.2 Å². The number of hydrogen-bond acceptors (Lipinski definition) is 9. The summed E-state index contributed by atoms with van der Waals surface area (Å²) in [5.74, 6) is 0.236. The predicted molar refractivity (Wildman–Crippen MR) is 134 cm³/mol. The minimum Gasteiger partial charge on any atom is -0.497 e. The van der Waals surface area contributed by atoms with Gasteiger partial charge in [-0.1, -0.05) is 25.1 Å². The van der Waals surface area contributed by atoms with Crippen molar-refractivity contribution in [3.63, 3.8) is 0 Å². The summed E-state index contributed by atoms with van der Waals surface area (Å²) in [6.07, 6.45) is 3.72. The molecule has 1 aromatic carbocycles. The number of fused-ring (bicyclic) bond motifs is 1. The molecule has 5 rings (SSSR count). The van der Waals surface area contributed by atoms with E-state index in [1.807, 2.05) is 19.2 Å². The topological polar surface area (TPSA) is 117 Å². The van der Waals surface area contributed by atoms with E-state index in [0.717, 1.165) is 36.5 Å². The molecule has 2 fully saturated rings. The zero-order valence-electron chi connectivity index (χ0n) is 21.6. The quantitative estimate of drug-likeness (QED) is 0.190. The Bertz CT molecular complexity index is 1110. The molecule has 1 saturated heterocycles. The fourth-order valence-electron chi connectivity index (χ4n) is 8.03. The number of esters is 1. The highest BCUT2D eigenvalue weighted by Gasteiger charge is 2.77. The number of anilines is 1. The fourth-order valence-corrected chi connectivity index (χ4v) is 8.03. The number of nitrogens with zero attached hydrogens (tertiary/aromatic N) is 3. The molecule has 2 N–H and O–H groups in total. The van der Waals surface area contributed by atoms with E-state index in [1.54, 1.807) is 7.11 Å². The van der Waals surface area contributed by atoms with E-state index >= 15 is 0 Å². The summed E-state index contributed by atoms with van der Waals surface area (Å²) in [7, 11) is 3.58. The van der Waals surface area contributed by atoms with E-state index in [4.69, 9.17) is 9.47 Å². The highest BCUT2D eigenvalue weighted by Crippen LogP contribution is 2.67. The van der Waals surface area contributed by atoms with Crippen LogP contribution in [0.5, 0.6) is 5.75 Å². The van der Waals surface area contributed by atoms with Crippen molar-refractivity contribution >= 4 is 11.7 Å². The van der Waals surface area contributed by atoms with Gasteiger partial charge in [0.2, 0.25) is 0 Å². The van der Waals surface area contributed by atoms with Crippen LogP contribution in [0, 0.1) is 15.5 Å². The normalized spacial score (nSPS) is 37.2. The van der Waals surface area contributed by atoms with Crippen LogP contribution in [0.4, 0.5) is 5.69 Å². The van der Waals surface area contributed by atoms with Gasteiger partial charge in [0, 0.05) is 67.5 Å². The van der Waals surface area contributed by atoms with Crippen LogP contribution in [0.2, 0.25) is 0 Å². The lowest BCUT2D eigenvalue weighted by atomic mass is 9.47. The van der Waals surface area contributed by atoms with Gasteiger partial charge >= 0.3 is 5.97 Å². The predicted octanol–water partition coefficient (Wildman–Crippen LogP) is 1.68. The van der Waals surface area contributed by atoms with Crippen molar-refractivity contribution in [1.82, 2.24) is 10.2 Å². The standard InChI is InChI=1S/C26H36N4O6/c1-6-24-10-7-12-29-13-11-25(21(24)29)19-9-8-18(35-5)14-20(19)28(4)22(25)26(32,23(24)36-17(3)31)15-27-16(2)30(33)34/h7-10,14,16,21-23,27,32H,6,11-13,15H2,1-5H3/t16?,21?,22-,23-,24?,25-,26+/m1/s1. The van der Waals surface area contributed by atoms with E-state index < -0.39 is 45.6 Å². The summed E-state index contributed by atoms with van der Waals surface area (Å²) in [6.45, 7) is 6.41. The maximum atomic E-state index is 12.8. The summed E-state index contributed by atoms with van der Waals surface area (Å²) in [6, 6.07) is 5.56. The van der Waals surface area contributed by atoms with E-state index in [0.29, 0.717) is 6.42 Å². The van der Waals surface area contributed by atoms with Gasteiger partial charge in [0.25, 0.3) is 6.17 Å². The van der Waals surface area contributed by atoms with Crippen LogP contribution in [0.3, 0.4) is 0 Å². The van der Waals surface area contributed by atoms with Crippen LogP contribution in [-0.2, 0) is 14.9 Å². The summed E-state index contributed by atoms with van der Waals surface area (Å²) in [5.41, 5.74) is -0.667. The van der Waals surface area contributed by atoms with Crippen LogP contribution < -0.4 is 15.0 Å². The van der Waals surface area contributed by atoms with Crippen LogP contribution in [0.15, 0.2) is 30.4 Å². The Labute approximate surface area is 211 Å². The molecule has 1 aromatic rings. The fraction of sp³-hybridized carbons (Fsp3) is 0.654. The molecule has 0 radical (unpaired) electrons. The number of methoxy groups -OCH3 is 1. The smallest absolute Gasteiger partial charge is 0.303 e. The van der Waals surface area contributed by atoms with Crippen molar-refractivity contribution in [2.24, 2.45) is 5.41 Å². The molecule has 1 aliphatic carbocycles. The maximum Gasteiger partial charge on any atom is 0.303 e. The van der Waals surface area contributed by atoms with E-state index in [1.165, 1.54) is 13.8 Å². The minimum atomic E-state index is -1.62. The molecule has 196 valence electrons. The van der Waals surface area contributed by atoms with Gasteiger partial charge in [0.05, 0.1) is 13.2 Å². The van der Waals surface area contributed by atoms with Gasteiger partial charge in [0.15, 0.2) is 0 Å². The van der Waals surface area contributed by atoms with Crippen LogP contribution >= 0.6 is 0 Å². The second-order valence-electron chi connectivity index (χ2n) is 10.8. The number of carbonyl (C=O) groups is 1. The van der Waals surface area contributed by atoms with Crippen molar-refractivity contribution < 1.29 is 24.3 Å². The largest absolute Gasteiger partial charge is 0.497 e. The average molecular weight is 501 g/mol. The van der Waals surface area contributed by atoms with Gasteiger partial charge in [0.1, 0.15) is 17.5 Å². The molecule has 0 aromatic heterocycles. The summed E-state index contributed by atoms with van der Waals surface area (Å²) in [5, 5.41) is 27.2. The zero-order chi connectivity index (χ0) is 26.0. The molecule has 3 aliphatic heterocycles. The first kappa shape index (κ1) is 25.0. The first-order chi connectivity index (χ1) is 17.1. The highest BCUT2D eigenvalue weighted by molar-refractivity contribution is 5.71. The monoisotopic (exact) mass is 500 g/mol. The molecule has 36 heavy (non-hydrogen) atoms. The van der Waals surface area contributed by atoms with Crippen molar-refractivity contribution in [2.45, 2.75) is 69.0 Å². The third-order valence-corrected chi connectivity index (χ3v) is 9.21. The van der Waals surface area contributed by atoms with Gasteiger partial charge < -0.3 is 19.5 Å². The van der Waals surface area contributed by atoms with Crippen molar-refractivity contribution in [1.29, 1.82) is 0 Å². The summed E-state index contributed by atoms with van der Waals surface area (Å²) < 4.78 is 11.6. The third-order valence-electron chi connectivity index (χ3n) is 9.21. The molecule has 10 heteroatoms. The first-order valence-corrected chi connectivity index (χ1v) is 12.7. The lowest BCUT2D eigenvalue weighted by molar-refractivity contribution is -0.525. The van der Waals surface area contributed by atoms with Gasteiger partial charge in [-0.15, -0.1) is 0 Å². The van der Waals surface area contributed by atoms with Gasteiger partial charge in [-0.05, 0) is 31.0 Å². The molecular formula is C26H36N4O6. The third kappa shape index (κ3) is 3.10. The first-order valence-electron chi connectivity index (χ1n) is 12.7. The Morgan fingerprint density at radius 2 is 2.14 bits per heavy atom. The Kier molecular flexibility index (Phi) is 5.85. The number of likely N-dealkylation sites (N-methyl/N-ethyl adjacent to an activating group) is 1. The lowest BCUT2D eigenvalue weighted by Crippen LogP contribution is -2.81. The second-order valence-corrected chi connectivity index (χ2v) is 10.8. The Morgan fingerprint density at radius 3 is 2.78 bits per heavy atom. The number of benzene rings is 1. The molecule has 3 unspecified atom stereocenters. The molecule has 10 nitrogen and oxygen atoms in total. The van der Waals surface area contributed by atoms with Crippen molar-refractivity contribution in [3.05, 3.63) is 46.0 Å². The van der Waals surface area contributed by atoms with Gasteiger partial charge in [-0.2, -0.15) is 0 Å². The molecule has 0 bridgehead atoms. The number of hydrogen-bond donors (Lipinski definition) is 2. The molecule has 1 saturated carbocycles. The minimum absolute atomic E-state index is 0.0142. The molecular weight excluding hydrogens is 464 g/mol. The number of nitro groups is 1. The maximum absolute atomic E-state index is 12.8. The zero-order valence-corrected chi connectivity index (χ0v) is 21.6. The molecule has 4 aliphatic rings. The van der Waals surface area contributed by atoms with Crippen molar-refractivity contribution in [2.75, 3.05) is 38.7 Å². The summed E-state index contributed by atoms with van der Waals surface area (Å²) >= 11 is 0. The number of aliphatic hydroxyl groups is 1. The number of ether oxygens (including phenoxy) is 2. The number of rotatable bonds is 7. The van der Waals surface area contributed by atoms with E-state index in [9.17, 15) is 20.0 Å². The SMILES string of the molecule is CCC12C=CCN3CC[C@@]4(c5ccc(OC)cc5N(C)[C@H]4[C@@](O)(CNC(C)[N+](=O)[O-])[C@@H]1OC(C)=O)C32. The molecule has 7 atom stereocenters. The van der Waals surface area contributed by atoms with Gasteiger partial charge in [-0.3, -0.25) is 25.1 Å². The molecule has 1 spiro atoms. The summed E-state index contributed by atoms with van der Waals surface area (Å²) in [4.78, 5) is 28.1. The molecule has 3 heterocycles. The molecule has 0 amide bonds. The number of nitrogens with one attached hydrogen (secondary N) is 1. The van der Waals surface area contributed by atoms with E-state index in [-0.39, 0.29) is 12.6 Å². The highest BCUT2D eigenvalue weighted by atomic mass is 16.6. The average Bonchev–Trinajstić information content (AvgIpc) is 3.36. The van der Waals surface area contributed by atoms with Crippen molar-refractivity contribution in [3.8, 4) is 5.75 Å². The van der Waals surface area contributed by atoms with E-state index in [2.05, 4.69) is 40.3 Å². The number of carbonyl (C=O) groups excluding carboxylic acids is 1. The van der Waals surface area contributed by atoms with Crippen LogP contribution in [-0.4, -0.2) is 84.6 Å². The Balaban J connectivity index is 1.77.